The van der Waals surface area contributed by atoms with Gasteiger partial charge in [0.2, 0.25) is 0 Å². The summed E-state index contributed by atoms with van der Waals surface area (Å²) in [6.45, 7) is 8.50. The van der Waals surface area contributed by atoms with Crippen LogP contribution in [0.25, 0.3) is 0 Å². The summed E-state index contributed by atoms with van der Waals surface area (Å²) >= 11 is 6.52. The fraction of sp³-hybridized carbons (Fsp3) is 0.368. The summed E-state index contributed by atoms with van der Waals surface area (Å²) in [6.07, 6.45) is 0. The molecule has 1 fully saturated rings. The molecule has 22 heavy (non-hydrogen) atoms. The molecule has 2 aromatic rings. The second kappa shape index (κ2) is 6.82. The Morgan fingerprint density at radius 2 is 1.73 bits per heavy atom. The SMILES string of the molecule is Cc1ccc(C(c2ccccc2Cl)N2CCNCC2)cc1C. The largest absolute Gasteiger partial charge is 0.314 e. The summed E-state index contributed by atoms with van der Waals surface area (Å²) in [5.41, 5.74) is 5.21. The highest BCUT2D eigenvalue weighted by atomic mass is 35.5. The Kier molecular flexibility index (Phi) is 4.82. The maximum Gasteiger partial charge on any atom is 0.0617 e. The first-order valence-corrected chi connectivity index (χ1v) is 8.31. The molecule has 1 aliphatic rings. The van der Waals surface area contributed by atoms with Crippen LogP contribution in [-0.4, -0.2) is 31.1 Å². The lowest BCUT2D eigenvalue weighted by molar-refractivity contribution is 0.198. The Morgan fingerprint density at radius 1 is 1.00 bits per heavy atom. The smallest absolute Gasteiger partial charge is 0.0617 e. The fourth-order valence-electron chi connectivity index (χ4n) is 3.16. The van der Waals surface area contributed by atoms with Crippen LogP contribution in [0.5, 0.6) is 0 Å². The first kappa shape index (κ1) is 15.5. The molecular weight excluding hydrogens is 292 g/mol. The van der Waals surface area contributed by atoms with E-state index in [1.54, 1.807) is 0 Å². The molecule has 1 aliphatic heterocycles. The third-order valence-electron chi connectivity index (χ3n) is 4.56. The van der Waals surface area contributed by atoms with Crippen LogP contribution < -0.4 is 5.32 Å². The number of halogens is 1. The number of aryl methyl sites for hydroxylation is 2. The Hall–Kier alpha value is -1.35. The standard InChI is InChI=1S/C19H23ClN2/c1-14-7-8-16(13-15(14)2)19(22-11-9-21-10-12-22)17-5-3-4-6-18(17)20/h3-8,13,19,21H,9-12H2,1-2H3. The first-order valence-electron chi connectivity index (χ1n) is 7.93. The Bertz CT molecular complexity index is 648. The molecule has 1 saturated heterocycles. The van der Waals surface area contributed by atoms with Crippen LogP contribution in [0.3, 0.4) is 0 Å². The van der Waals surface area contributed by atoms with E-state index in [1.165, 1.54) is 22.3 Å². The van der Waals surface area contributed by atoms with Crippen LogP contribution >= 0.6 is 11.6 Å². The van der Waals surface area contributed by atoms with Crippen molar-refractivity contribution in [3.63, 3.8) is 0 Å². The molecule has 0 radical (unpaired) electrons. The van der Waals surface area contributed by atoms with Crippen LogP contribution in [0.15, 0.2) is 42.5 Å². The topological polar surface area (TPSA) is 15.3 Å². The number of hydrogen-bond donors (Lipinski definition) is 1. The van der Waals surface area contributed by atoms with Crippen LogP contribution in [0.1, 0.15) is 28.3 Å². The van der Waals surface area contributed by atoms with E-state index < -0.39 is 0 Å². The molecule has 2 aromatic carbocycles. The van der Waals surface area contributed by atoms with Crippen molar-refractivity contribution < 1.29 is 0 Å². The van der Waals surface area contributed by atoms with Crippen molar-refractivity contribution in [3.05, 3.63) is 69.7 Å². The summed E-state index contributed by atoms with van der Waals surface area (Å²) in [4.78, 5) is 2.53. The van der Waals surface area contributed by atoms with E-state index in [2.05, 4.69) is 54.4 Å². The van der Waals surface area contributed by atoms with Gasteiger partial charge in [-0.3, -0.25) is 4.90 Å². The summed E-state index contributed by atoms with van der Waals surface area (Å²) in [6, 6.07) is 15.2. The van der Waals surface area contributed by atoms with E-state index >= 15 is 0 Å². The van der Waals surface area contributed by atoms with Gasteiger partial charge in [0.15, 0.2) is 0 Å². The van der Waals surface area contributed by atoms with Crippen molar-refractivity contribution in [3.8, 4) is 0 Å². The number of rotatable bonds is 3. The highest BCUT2D eigenvalue weighted by Crippen LogP contribution is 2.34. The summed E-state index contributed by atoms with van der Waals surface area (Å²) in [5.74, 6) is 0. The number of nitrogens with one attached hydrogen (secondary N) is 1. The molecule has 3 rings (SSSR count). The minimum Gasteiger partial charge on any atom is -0.314 e. The molecule has 2 nitrogen and oxygen atoms in total. The van der Waals surface area contributed by atoms with Crippen molar-refractivity contribution in [1.29, 1.82) is 0 Å². The van der Waals surface area contributed by atoms with Crippen molar-refractivity contribution in [2.75, 3.05) is 26.2 Å². The van der Waals surface area contributed by atoms with E-state index in [9.17, 15) is 0 Å². The molecule has 0 bridgehead atoms. The van der Waals surface area contributed by atoms with Crippen LogP contribution in [-0.2, 0) is 0 Å². The van der Waals surface area contributed by atoms with Crippen molar-refractivity contribution in [2.24, 2.45) is 0 Å². The Morgan fingerprint density at radius 3 is 2.41 bits per heavy atom. The molecular formula is C19H23ClN2. The van der Waals surface area contributed by atoms with Gasteiger partial charge in [-0.05, 0) is 42.2 Å². The molecule has 3 heteroatoms. The molecule has 0 aliphatic carbocycles. The van der Waals surface area contributed by atoms with E-state index in [0.717, 1.165) is 31.2 Å². The van der Waals surface area contributed by atoms with E-state index in [1.807, 2.05) is 12.1 Å². The monoisotopic (exact) mass is 314 g/mol. The van der Waals surface area contributed by atoms with Gasteiger partial charge >= 0.3 is 0 Å². The maximum absolute atomic E-state index is 6.52. The molecule has 1 heterocycles. The first-order chi connectivity index (χ1) is 10.7. The van der Waals surface area contributed by atoms with E-state index in [-0.39, 0.29) is 6.04 Å². The van der Waals surface area contributed by atoms with Gasteiger partial charge in [-0.25, -0.2) is 0 Å². The van der Waals surface area contributed by atoms with Gasteiger partial charge in [0, 0.05) is 31.2 Å². The van der Waals surface area contributed by atoms with Gasteiger partial charge in [-0.1, -0.05) is 48.0 Å². The summed E-state index contributed by atoms with van der Waals surface area (Å²) in [7, 11) is 0. The fourth-order valence-corrected chi connectivity index (χ4v) is 3.40. The summed E-state index contributed by atoms with van der Waals surface area (Å²) in [5, 5.41) is 4.28. The molecule has 0 saturated carbocycles. The number of hydrogen-bond acceptors (Lipinski definition) is 2. The lowest BCUT2D eigenvalue weighted by atomic mass is 9.94. The molecule has 116 valence electrons. The number of nitrogens with zero attached hydrogens (tertiary/aromatic N) is 1. The van der Waals surface area contributed by atoms with Gasteiger partial charge in [-0.15, -0.1) is 0 Å². The van der Waals surface area contributed by atoms with Crippen LogP contribution in [0.4, 0.5) is 0 Å². The predicted molar refractivity (Wildman–Crippen MR) is 93.7 cm³/mol. The molecule has 0 aromatic heterocycles. The average Bonchev–Trinajstić information content (AvgIpc) is 2.54. The lowest BCUT2D eigenvalue weighted by Crippen LogP contribution is -2.45. The third kappa shape index (κ3) is 3.19. The minimum atomic E-state index is 0.232. The van der Waals surface area contributed by atoms with Gasteiger partial charge in [-0.2, -0.15) is 0 Å². The zero-order chi connectivity index (χ0) is 15.5. The summed E-state index contributed by atoms with van der Waals surface area (Å²) < 4.78 is 0. The van der Waals surface area contributed by atoms with Crippen molar-refractivity contribution in [1.82, 2.24) is 10.2 Å². The highest BCUT2D eigenvalue weighted by molar-refractivity contribution is 6.31. The van der Waals surface area contributed by atoms with E-state index in [4.69, 9.17) is 11.6 Å². The number of piperazine rings is 1. The zero-order valence-corrected chi connectivity index (χ0v) is 14.0. The predicted octanol–water partition coefficient (Wildman–Crippen LogP) is 3.95. The van der Waals surface area contributed by atoms with E-state index in [0.29, 0.717) is 0 Å². The van der Waals surface area contributed by atoms with Gasteiger partial charge in [0.25, 0.3) is 0 Å². The van der Waals surface area contributed by atoms with Crippen LogP contribution in [0.2, 0.25) is 5.02 Å². The lowest BCUT2D eigenvalue weighted by Gasteiger charge is -2.36. The quantitative estimate of drug-likeness (QED) is 0.922. The van der Waals surface area contributed by atoms with Gasteiger partial charge in [0.1, 0.15) is 0 Å². The molecule has 0 spiro atoms. The molecule has 1 unspecified atom stereocenters. The molecule has 1 atom stereocenters. The van der Waals surface area contributed by atoms with Crippen molar-refractivity contribution in [2.45, 2.75) is 19.9 Å². The second-order valence-electron chi connectivity index (χ2n) is 6.05. The minimum absolute atomic E-state index is 0.232. The number of benzene rings is 2. The second-order valence-corrected chi connectivity index (χ2v) is 6.46. The Balaban J connectivity index is 2.05. The normalized spacial score (nSPS) is 17.4. The average molecular weight is 315 g/mol. The maximum atomic E-state index is 6.52. The van der Waals surface area contributed by atoms with Gasteiger partial charge < -0.3 is 5.32 Å². The third-order valence-corrected chi connectivity index (χ3v) is 4.91. The molecule has 1 N–H and O–H groups in total. The van der Waals surface area contributed by atoms with Crippen LogP contribution in [0, 0.1) is 13.8 Å². The zero-order valence-electron chi connectivity index (χ0n) is 13.3. The molecule has 0 amide bonds. The highest BCUT2D eigenvalue weighted by Gasteiger charge is 2.25. The van der Waals surface area contributed by atoms with Gasteiger partial charge in [0.05, 0.1) is 6.04 Å². The van der Waals surface area contributed by atoms with Crippen molar-refractivity contribution >= 4 is 11.6 Å². The Labute approximate surface area is 138 Å².